The summed E-state index contributed by atoms with van der Waals surface area (Å²) in [5.41, 5.74) is 4.09. The van der Waals surface area contributed by atoms with E-state index in [0.717, 1.165) is 54.0 Å². The molecule has 9 nitrogen and oxygen atoms in total. The van der Waals surface area contributed by atoms with Crippen LogP contribution in [-0.4, -0.2) is 62.3 Å². The summed E-state index contributed by atoms with van der Waals surface area (Å²) in [6.07, 6.45) is 3.13. The number of piperazine rings is 1. The monoisotopic (exact) mass is 482 g/mol. The summed E-state index contributed by atoms with van der Waals surface area (Å²) >= 11 is 0. The minimum atomic E-state index is 0.562. The predicted molar refractivity (Wildman–Crippen MR) is 140 cm³/mol. The fourth-order valence-electron chi connectivity index (χ4n) is 5.15. The normalized spacial score (nSPS) is 19.1. The maximum Gasteiger partial charge on any atom is 0.163 e. The van der Waals surface area contributed by atoms with Crippen molar-refractivity contribution in [2.24, 2.45) is 0 Å². The van der Waals surface area contributed by atoms with Crippen LogP contribution in [-0.2, 0) is 6.54 Å². The van der Waals surface area contributed by atoms with E-state index < -0.39 is 0 Å². The Morgan fingerprint density at radius 3 is 2.47 bits per heavy atom. The van der Waals surface area contributed by atoms with Crippen molar-refractivity contribution in [3.8, 4) is 17.1 Å². The van der Waals surface area contributed by atoms with Gasteiger partial charge in [0.25, 0.3) is 0 Å². The van der Waals surface area contributed by atoms with Gasteiger partial charge in [-0.05, 0) is 50.1 Å². The number of hydrogen-bond donors (Lipinski definition) is 2. The van der Waals surface area contributed by atoms with Crippen LogP contribution in [0.5, 0.6) is 5.75 Å². The van der Waals surface area contributed by atoms with Gasteiger partial charge >= 0.3 is 0 Å². The number of fused-ring (bicyclic) bond motifs is 2. The molecule has 36 heavy (non-hydrogen) atoms. The van der Waals surface area contributed by atoms with Crippen molar-refractivity contribution < 1.29 is 4.74 Å². The topological polar surface area (TPSA) is 95.1 Å². The van der Waals surface area contributed by atoms with Gasteiger partial charge in [-0.2, -0.15) is 5.10 Å². The summed E-state index contributed by atoms with van der Waals surface area (Å²) in [5, 5.41) is 10.4. The first-order valence-corrected chi connectivity index (χ1v) is 12.3. The number of aromatic nitrogens is 5. The third-order valence-electron chi connectivity index (χ3n) is 7.02. The van der Waals surface area contributed by atoms with Gasteiger partial charge in [0.05, 0.1) is 7.11 Å². The van der Waals surface area contributed by atoms with Gasteiger partial charge in [-0.3, -0.25) is 10.00 Å². The van der Waals surface area contributed by atoms with E-state index in [1.54, 1.807) is 7.11 Å². The first kappa shape index (κ1) is 22.5. The standard InChI is InChI=1S/C27H30N8O/c1-17-10-24(30-25-11-18(2)32-33-25)31-27(29-17)20-6-9-26(28-13-20)34-15-21-12-22(16-34)35(21)14-19-4-7-23(36-3)8-5-19/h4-11,13,21-22H,12,14-16H2,1-3H3,(H2,29,30,31,32,33). The highest BCUT2D eigenvalue weighted by Crippen LogP contribution is 2.35. The Labute approximate surface area is 210 Å². The zero-order chi connectivity index (χ0) is 24.6. The molecule has 3 aromatic heterocycles. The molecule has 2 bridgehead atoms. The molecule has 0 aliphatic carbocycles. The van der Waals surface area contributed by atoms with Crippen molar-refractivity contribution in [1.29, 1.82) is 0 Å². The molecule has 2 N–H and O–H groups in total. The molecule has 9 heteroatoms. The quantitative estimate of drug-likeness (QED) is 0.407. The largest absolute Gasteiger partial charge is 0.497 e. The molecule has 1 aromatic carbocycles. The second-order valence-electron chi connectivity index (χ2n) is 9.65. The molecule has 7 rings (SSSR count). The molecular formula is C27H30N8O. The second kappa shape index (κ2) is 9.23. The van der Waals surface area contributed by atoms with Crippen LogP contribution in [0.4, 0.5) is 17.5 Å². The summed E-state index contributed by atoms with van der Waals surface area (Å²) in [6, 6.07) is 17.5. The molecule has 0 saturated carbocycles. The molecule has 3 saturated heterocycles. The van der Waals surface area contributed by atoms with Crippen molar-refractivity contribution >= 4 is 17.5 Å². The Bertz CT molecular complexity index is 1340. The number of anilines is 3. The lowest BCUT2D eigenvalue weighted by Gasteiger charge is -2.56. The van der Waals surface area contributed by atoms with E-state index in [1.165, 1.54) is 12.0 Å². The number of nitrogens with zero attached hydrogens (tertiary/aromatic N) is 6. The summed E-state index contributed by atoms with van der Waals surface area (Å²) in [6.45, 7) is 6.91. The van der Waals surface area contributed by atoms with Crippen LogP contribution in [0, 0.1) is 13.8 Å². The fourth-order valence-corrected chi connectivity index (χ4v) is 5.15. The highest BCUT2D eigenvalue weighted by atomic mass is 16.5. The Balaban J connectivity index is 1.11. The number of pyridine rings is 1. The fraction of sp³-hybridized carbons (Fsp3) is 0.333. The Hall–Kier alpha value is -3.98. The first-order valence-electron chi connectivity index (χ1n) is 12.3. The number of benzene rings is 1. The van der Waals surface area contributed by atoms with Crippen LogP contribution in [0.2, 0.25) is 0 Å². The highest BCUT2D eigenvalue weighted by Gasteiger charge is 2.44. The van der Waals surface area contributed by atoms with Crippen LogP contribution >= 0.6 is 0 Å². The number of piperidine rings is 1. The number of aromatic amines is 1. The summed E-state index contributed by atoms with van der Waals surface area (Å²) in [7, 11) is 1.70. The number of H-pyrrole nitrogens is 1. The van der Waals surface area contributed by atoms with E-state index in [4.69, 9.17) is 9.72 Å². The molecule has 3 aliphatic rings. The third kappa shape index (κ3) is 4.49. The average Bonchev–Trinajstić information content (AvgIpc) is 3.31. The Morgan fingerprint density at radius 2 is 1.81 bits per heavy atom. The minimum Gasteiger partial charge on any atom is -0.497 e. The molecule has 2 atom stereocenters. The van der Waals surface area contributed by atoms with Gasteiger partial charge < -0.3 is 15.0 Å². The molecule has 2 unspecified atom stereocenters. The number of hydrogen-bond acceptors (Lipinski definition) is 8. The molecule has 4 aromatic rings. The molecule has 0 amide bonds. The van der Waals surface area contributed by atoms with Gasteiger partial charge in [0.15, 0.2) is 11.6 Å². The van der Waals surface area contributed by atoms with Gasteiger partial charge in [0.1, 0.15) is 17.4 Å². The van der Waals surface area contributed by atoms with Crippen molar-refractivity contribution in [3.63, 3.8) is 0 Å². The van der Waals surface area contributed by atoms with E-state index in [9.17, 15) is 0 Å². The maximum absolute atomic E-state index is 5.28. The molecule has 0 radical (unpaired) electrons. The van der Waals surface area contributed by atoms with Crippen LogP contribution in [0.25, 0.3) is 11.4 Å². The van der Waals surface area contributed by atoms with Gasteiger partial charge in [-0.1, -0.05) is 12.1 Å². The smallest absolute Gasteiger partial charge is 0.163 e. The second-order valence-corrected chi connectivity index (χ2v) is 9.65. The van der Waals surface area contributed by atoms with E-state index in [2.05, 4.69) is 59.5 Å². The lowest BCUT2D eigenvalue weighted by atomic mass is 9.86. The van der Waals surface area contributed by atoms with E-state index in [-0.39, 0.29) is 0 Å². The number of methoxy groups -OCH3 is 1. The summed E-state index contributed by atoms with van der Waals surface area (Å²) < 4.78 is 5.28. The molecule has 184 valence electrons. The molecular weight excluding hydrogens is 452 g/mol. The van der Waals surface area contributed by atoms with Crippen LogP contribution in [0.1, 0.15) is 23.4 Å². The molecule has 0 spiro atoms. The zero-order valence-corrected chi connectivity index (χ0v) is 20.8. The SMILES string of the molecule is COc1ccc(CN2C3CC2CN(c2ccc(-c4nc(C)cc(Nc5cc(C)[nH]n5)n4)cn2)C3)cc1. The van der Waals surface area contributed by atoms with Crippen LogP contribution in [0.3, 0.4) is 0 Å². The number of ether oxygens (including phenoxy) is 1. The predicted octanol–water partition coefficient (Wildman–Crippen LogP) is 4.09. The number of nitrogens with one attached hydrogen (secondary N) is 2. The van der Waals surface area contributed by atoms with Gasteiger partial charge in [-0.15, -0.1) is 0 Å². The molecule has 6 heterocycles. The highest BCUT2D eigenvalue weighted by molar-refractivity contribution is 5.61. The van der Waals surface area contributed by atoms with Crippen LogP contribution < -0.4 is 15.0 Å². The van der Waals surface area contributed by atoms with Gasteiger partial charge in [0.2, 0.25) is 0 Å². The third-order valence-corrected chi connectivity index (χ3v) is 7.02. The Kier molecular flexibility index (Phi) is 5.77. The lowest BCUT2D eigenvalue weighted by Crippen LogP contribution is -2.68. The van der Waals surface area contributed by atoms with Crippen molar-refractivity contribution in [2.45, 2.75) is 38.9 Å². The van der Waals surface area contributed by atoms with Crippen molar-refractivity contribution in [1.82, 2.24) is 30.0 Å². The van der Waals surface area contributed by atoms with E-state index >= 15 is 0 Å². The van der Waals surface area contributed by atoms with E-state index in [1.807, 2.05) is 44.3 Å². The molecule has 3 fully saturated rings. The summed E-state index contributed by atoms with van der Waals surface area (Å²) in [5.74, 6) is 4.00. The van der Waals surface area contributed by atoms with Gasteiger partial charge in [0, 0.05) is 67.0 Å². The summed E-state index contributed by atoms with van der Waals surface area (Å²) in [4.78, 5) is 19.1. The number of aryl methyl sites for hydroxylation is 2. The minimum absolute atomic E-state index is 0.562. The Morgan fingerprint density at radius 1 is 1.00 bits per heavy atom. The van der Waals surface area contributed by atoms with Gasteiger partial charge in [-0.25, -0.2) is 15.0 Å². The first-order chi connectivity index (χ1) is 17.5. The van der Waals surface area contributed by atoms with Crippen molar-refractivity contribution in [3.05, 3.63) is 71.7 Å². The van der Waals surface area contributed by atoms with E-state index in [0.29, 0.717) is 23.7 Å². The average molecular weight is 483 g/mol. The number of rotatable bonds is 7. The molecule has 3 aliphatic heterocycles. The van der Waals surface area contributed by atoms with Crippen LogP contribution in [0.15, 0.2) is 54.7 Å². The van der Waals surface area contributed by atoms with Crippen molar-refractivity contribution in [2.75, 3.05) is 30.4 Å². The maximum atomic E-state index is 5.28. The lowest BCUT2D eigenvalue weighted by molar-refractivity contribution is -0.00868. The zero-order valence-electron chi connectivity index (χ0n) is 20.8.